The highest BCUT2D eigenvalue weighted by molar-refractivity contribution is 5.90. The highest BCUT2D eigenvalue weighted by atomic mass is 16.5. The lowest BCUT2D eigenvalue weighted by Gasteiger charge is -2.11. The monoisotopic (exact) mass is 289 g/mol. The summed E-state index contributed by atoms with van der Waals surface area (Å²) in [6.07, 6.45) is 0. The van der Waals surface area contributed by atoms with Gasteiger partial charge in [0.25, 0.3) is 0 Å². The number of hydrogen-bond acceptors (Lipinski definition) is 5. The third-order valence-corrected chi connectivity index (χ3v) is 3.10. The molecule has 2 aromatic rings. The van der Waals surface area contributed by atoms with Crippen molar-refractivity contribution in [2.45, 2.75) is 27.0 Å². The molecule has 2 N–H and O–H groups in total. The topological polar surface area (TPSA) is 79.4 Å². The number of benzene rings is 1. The highest BCUT2D eigenvalue weighted by Gasteiger charge is 2.11. The van der Waals surface area contributed by atoms with Gasteiger partial charge in [-0.15, -0.1) is 0 Å². The molecule has 0 saturated carbocycles. The van der Waals surface area contributed by atoms with Crippen LogP contribution >= 0.6 is 0 Å². The van der Waals surface area contributed by atoms with Gasteiger partial charge in [0.1, 0.15) is 12.4 Å². The van der Waals surface area contributed by atoms with Crippen LogP contribution in [-0.4, -0.2) is 22.9 Å². The van der Waals surface area contributed by atoms with Crippen LogP contribution in [0, 0.1) is 6.92 Å². The van der Waals surface area contributed by atoms with Gasteiger partial charge in [0.15, 0.2) is 0 Å². The van der Waals surface area contributed by atoms with Crippen molar-refractivity contribution in [3.63, 3.8) is 0 Å². The Morgan fingerprint density at radius 2 is 2.14 bits per heavy atom. The Bertz CT molecular complexity index is 650. The van der Waals surface area contributed by atoms with Crippen LogP contribution < -0.4 is 10.5 Å². The van der Waals surface area contributed by atoms with Crippen molar-refractivity contribution in [1.82, 2.24) is 9.78 Å². The largest absolute Gasteiger partial charge is 0.485 e. The van der Waals surface area contributed by atoms with Crippen molar-refractivity contribution < 1.29 is 14.3 Å². The number of nitrogens with zero attached hydrogens (tertiary/aromatic N) is 2. The van der Waals surface area contributed by atoms with Crippen molar-refractivity contribution in [2.24, 2.45) is 0 Å². The quantitative estimate of drug-likeness (QED) is 0.674. The first-order valence-electron chi connectivity index (χ1n) is 6.69. The number of ether oxygens (including phenoxy) is 2. The van der Waals surface area contributed by atoms with E-state index in [9.17, 15) is 4.79 Å². The molecule has 0 unspecified atom stereocenters. The fraction of sp³-hybridized carbons (Fsp3) is 0.333. The van der Waals surface area contributed by atoms with Gasteiger partial charge in [-0.1, -0.05) is 0 Å². The number of aryl methyl sites for hydroxylation is 2. The molecule has 6 nitrogen and oxygen atoms in total. The van der Waals surface area contributed by atoms with Crippen LogP contribution in [0.4, 0.5) is 5.69 Å². The average Bonchev–Trinajstić information content (AvgIpc) is 2.85. The SMILES string of the molecule is CCn1nc(C)cc1COc1cc(C(=O)OC)ccc1N. The van der Waals surface area contributed by atoms with Gasteiger partial charge in [0, 0.05) is 6.54 Å². The summed E-state index contributed by atoms with van der Waals surface area (Å²) in [6, 6.07) is 6.78. The van der Waals surface area contributed by atoms with Crippen LogP contribution in [0.15, 0.2) is 24.3 Å². The van der Waals surface area contributed by atoms with Crippen LogP contribution in [0.25, 0.3) is 0 Å². The van der Waals surface area contributed by atoms with Crippen LogP contribution in [0.3, 0.4) is 0 Å². The molecule has 1 heterocycles. The minimum Gasteiger partial charge on any atom is -0.485 e. The maximum absolute atomic E-state index is 11.5. The molecule has 0 spiro atoms. The molecule has 2 rings (SSSR count). The fourth-order valence-corrected chi connectivity index (χ4v) is 2.04. The van der Waals surface area contributed by atoms with Crippen molar-refractivity contribution in [3.8, 4) is 5.75 Å². The number of nitrogens with two attached hydrogens (primary N) is 1. The number of carbonyl (C=O) groups is 1. The summed E-state index contributed by atoms with van der Waals surface area (Å²) >= 11 is 0. The highest BCUT2D eigenvalue weighted by Crippen LogP contribution is 2.24. The van der Waals surface area contributed by atoms with Gasteiger partial charge in [-0.05, 0) is 38.1 Å². The summed E-state index contributed by atoms with van der Waals surface area (Å²) < 4.78 is 12.3. The lowest BCUT2D eigenvalue weighted by Crippen LogP contribution is -2.08. The van der Waals surface area contributed by atoms with Crippen LogP contribution in [0.5, 0.6) is 5.75 Å². The lowest BCUT2D eigenvalue weighted by atomic mass is 10.2. The Labute approximate surface area is 123 Å². The minimum absolute atomic E-state index is 0.337. The van der Waals surface area contributed by atoms with E-state index in [1.807, 2.05) is 24.6 Å². The van der Waals surface area contributed by atoms with Gasteiger partial charge in [-0.25, -0.2) is 4.79 Å². The van der Waals surface area contributed by atoms with E-state index < -0.39 is 5.97 Å². The lowest BCUT2D eigenvalue weighted by molar-refractivity contribution is 0.0600. The second-order valence-corrected chi connectivity index (χ2v) is 4.63. The molecule has 0 amide bonds. The zero-order valence-corrected chi connectivity index (χ0v) is 12.4. The second kappa shape index (κ2) is 6.30. The number of esters is 1. The Morgan fingerprint density at radius 1 is 1.38 bits per heavy atom. The predicted octanol–water partition coefficient (Wildman–Crippen LogP) is 2.16. The first-order valence-corrected chi connectivity index (χ1v) is 6.69. The van der Waals surface area contributed by atoms with Gasteiger partial charge < -0.3 is 15.2 Å². The zero-order chi connectivity index (χ0) is 15.4. The van der Waals surface area contributed by atoms with Crippen molar-refractivity contribution in [2.75, 3.05) is 12.8 Å². The molecule has 6 heteroatoms. The third kappa shape index (κ3) is 3.34. The number of hydrogen-bond donors (Lipinski definition) is 1. The van der Waals surface area contributed by atoms with Gasteiger partial charge in [-0.3, -0.25) is 4.68 Å². The zero-order valence-electron chi connectivity index (χ0n) is 12.4. The van der Waals surface area contributed by atoms with Crippen LogP contribution in [-0.2, 0) is 17.9 Å². The van der Waals surface area contributed by atoms with Gasteiger partial charge in [-0.2, -0.15) is 5.10 Å². The summed E-state index contributed by atoms with van der Waals surface area (Å²) in [5.41, 5.74) is 8.64. The molecule has 112 valence electrons. The van der Waals surface area contributed by atoms with E-state index in [4.69, 9.17) is 10.5 Å². The summed E-state index contributed by atoms with van der Waals surface area (Å²) in [5.74, 6) is 0.0358. The average molecular weight is 289 g/mol. The molecule has 0 aliphatic carbocycles. The maximum Gasteiger partial charge on any atom is 0.337 e. The van der Waals surface area contributed by atoms with Crippen LogP contribution in [0.2, 0.25) is 0 Å². The molecule has 21 heavy (non-hydrogen) atoms. The second-order valence-electron chi connectivity index (χ2n) is 4.63. The van der Waals surface area contributed by atoms with E-state index in [0.717, 1.165) is 17.9 Å². The number of anilines is 1. The summed E-state index contributed by atoms with van der Waals surface area (Å²) in [4.78, 5) is 11.5. The molecule has 0 atom stereocenters. The Hall–Kier alpha value is -2.50. The molecule has 0 radical (unpaired) electrons. The normalized spacial score (nSPS) is 10.4. The minimum atomic E-state index is -0.422. The summed E-state index contributed by atoms with van der Waals surface area (Å²) in [7, 11) is 1.34. The molecule has 1 aromatic carbocycles. The first kappa shape index (κ1) is 14.9. The number of carbonyl (C=O) groups excluding carboxylic acids is 1. The molecule has 0 aliphatic rings. The fourth-order valence-electron chi connectivity index (χ4n) is 2.04. The van der Waals surface area contributed by atoms with Gasteiger partial charge in [0.2, 0.25) is 0 Å². The molecular weight excluding hydrogens is 270 g/mol. The van der Waals surface area contributed by atoms with E-state index in [1.54, 1.807) is 18.2 Å². The molecule has 0 saturated heterocycles. The molecule has 0 fully saturated rings. The Balaban J connectivity index is 2.17. The number of methoxy groups -OCH3 is 1. The summed E-state index contributed by atoms with van der Waals surface area (Å²) in [6.45, 7) is 5.05. The molecular formula is C15H19N3O3. The van der Waals surface area contributed by atoms with E-state index in [2.05, 4.69) is 9.84 Å². The van der Waals surface area contributed by atoms with Gasteiger partial charge in [0.05, 0.1) is 29.7 Å². The Kier molecular flexibility index (Phi) is 4.47. The first-order chi connectivity index (χ1) is 10.0. The Morgan fingerprint density at radius 3 is 2.81 bits per heavy atom. The third-order valence-electron chi connectivity index (χ3n) is 3.10. The smallest absolute Gasteiger partial charge is 0.337 e. The summed E-state index contributed by atoms with van der Waals surface area (Å²) in [5, 5.41) is 4.35. The van der Waals surface area contributed by atoms with E-state index in [0.29, 0.717) is 23.6 Å². The van der Waals surface area contributed by atoms with E-state index in [-0.39, 0.29) is 0 Å². The molecule has 1 aromatic heterocycles. The van der Waals surface area contributed by atoms with Crippen molar-refractivity contribution in [3.05, 3.63) is 41.2 Å². The van der Waals surface area contributed by atoms with E-state index in [1.165, 1.54) is 7.11 Å². The van der Waals surface area contributed by atoms with E-state index >= 15 is 0 Å². The van der Waals surface area contributed by atoms with Crippen LogP contribution in [0.1, 0.15) is 28.7 Å². The molecule has 0 bridgehead atoms. The maximum atomic E-state index is 11.5. The number of aromatic nitrogens is 2. The van der Waals surface area contributed by atoms with Crippen molar-refractivity contribution in [1.29, 1.82) is 0 Å². The van der Waals surface area contributed by atoms with Crippen molar-refractivity contribution >= 4 is 11.7 Å². The predicted molar refractivity (Wildman–Crippen MR) is 79.2 cm³/mol. The standard InChI is InChI=1S/C15H19N3O3/c1-4-18-12(7-10(2)17-18)9-21-14-8-11(15(19)20-3)5-6-13(14)16/h5-8H,4,9,16H2,1-3H3. The number of nitrogen functional groups attached to an aromatic ring is 1. The number of rotatable bonds is 5. The van der Waals surface area contributed by atoms with Gasteiger partial charge >= 0.3 is 5.97 Å². The molecule has 0 aliphatic heterocycles.